The molecule has 1 rings (SSSR count). The standard InChI is InChI=1S/C7H8FNO4S2/c1-5-2-3-6(14(8,10)11)4-7(5)15(9,12)13/h2-4H,1H3,(H2,9,12,13). The Bertz CT molecular complexity index is 591. The number of sulfonamides is 1. The number of nitrogens with two attached hydrogens (primary N) is 1. The second-order valence-corrected chi connectivity index (χ2v) is 5.79. The van der Waals surface area contributed by atoms with Crippen LogP contribution in [0, 0.1) is 6.92 Å². The third-order valence-corrected chi connectivity index (χ3v) is 3.62. The summed E-state index contributed by atoms with van der Waals surface area (Å²) in [6.45, 7) is 1.42. The van der Waals surface area contributed by atoms with Gasteiger partial charge in [0.05, 0.1) is 9.79 Å². The van der Waals surface area contributed by atoms with Crippen LogP contribution in [-0.4, -0.2) is 16.8 Å². The van der Waals surface area contributed by atoms with Gasteiger partial charge in [-0.2, -0.15) is 8.42 Å². The topological polar surface area (TPSA) is 94.3 Å². The van der Waals surface area contributed by atoms with Gasteiger partial charge in [0.1, 0.15) is 0 Å². The van der Waals surface area contributed by atoms with E-state index in [-0.39, 0.29) is 5.56 Å². The molecule has 0 aliphatic heterocycles. The largest absolute Gasteiger partial charge is 0.332 e. The molecule has 5 nitrogen and oxygen atoms in total. The number of primary sulfonamides is 1. The summed E-state index contributed by atoms with van der Waals surface area (Å²) in [6.07, 6.45) is 0. The minimum absolute atomic E-state index is 0.255. The maximum atomic E-state index is 12.6. The molecule has 0 fully saturated rings. The summed E-state index contributed by atoms with van der Waals surface area (Å²) in [7, 11) is -8.97. The van der Waals surface area contributed by atoms with Gasteiger partial charge in [-0.1, -0.05) is 6.07 Å². The van der Waals surface area contributed by atoms with Crippen LogP contribution < -0.4 is 5.14 Å². The summed E-state index contributed by atoms with van der Waals surface area (Å²) in [5.41, 5.74) is 0.255. The molecule has 0 heterocycles. The van der Waals surface area contributed by atoms with Crippen molar-refractivity contribution in [3.05, 3.63) is 23.8 Å². The molecular weight excluding hydrogens is 245 g/mol. The van der Waals surface area contributed by atoms with Gasteiger partial charge in [-0.3, -0.25) is 0 Å². The fourth-order valence-electron chi connectivity index (χ4n) is 1.04. The number of benzene rings is 1. The van der Waals surface area contributed by atoms with E-state index in [2.05, 4.69) is 0 Å². The van der Waals surface area contributed by atoms with Crippen molar-refractivity contribution in [1.82, 2.24) is 0 Å². The maximum absolute atomic E-state index is 12.6. The molecule has 0 saturated carbocycles. The van der Waals surface area contributed by atoms with Gasteiger partial charge in [0.2, 0.25) is 10.0 Å². The molecule has 0 spiro atoms. The first-order valence-corrected chi connectivity index (χ1v) is 6.63. The van der Waals surface area contributed by atoms with Crippen molar-refractivity contribution >= 4 is 20.2 Å². The number of rotatable bonds is 2. The molecule has 84 valence electrons. The fraction of sp³-hybridized carbons (Fsp3) is 0.143. The Morgan fingerprint density at radius 2 is 1.73 bits per heavy atom. The lowest BCUT2D eigenvalue weighted by Crippen LogP contribution is -2.14. The number of hydrogen-bond acceptors (Lipinski definition) is 4. The van der Waals surface area contributed by atoms with E-state index in [1.54, 1.807) is 0 Å². The third kappa shape index (κ3) is 2.74. The molecule has 0 aliphatic rings. The van der Waals surface area contributed by atoms with E-state index >= 15 is 0 Å². The van der Waals surface area contributed by atoms with Crippen LogP contribution in [0.25, 0.3) is 0 Å². The minimum atomic E-state index is -4.92. The van der Waals surface area contributed by atoms with E-state index in [1.807, 2.05) is 0 Å². The molecule has 0 amide bonds. The fourth-order valence-corrected chi connectivity index (χ4v) is 2.41. The molecule has 0 aliphatic carbocycles. The van der Waals surface area contributed by atoms with Gasteiger partial charge in [-0.15, -0.1) is 3.89 Å². The van der Waals surface area contributed by atoms with Gasteiger partial charge in [-0.05, 0) is 24.6 Å². The maximum Gasteiger partial charge on any atom is 0.332 e. The lowest BCUT2D eigenvalue weighted by atomic mass is 10.2. The number of halogens is 1. The Morgan fingerprint density at radius 3 is 2.13 bits per heavy atom. The first-order valence-electron chi connectivity index (χ1n) is 3.70. The average Bonchev–Trinajstić information content (AvgIpc) is 2.00. The SMILES string of the molecule is Cc1ccc(S(=O)(=O)F)cc1S(N)(=O)=O. The lowest BCUT2D eigenvalue weighted by Gasteiger charge is -2.03. The summed E-state index contributed by atoms with van der Waals surface area (Å²) >= 11 is 0. The van der Waals surface area contributed by atoms with Crippen LogP contribution in [0.2, 0.25) is 0 Å². The van der Waals surface area contributed by atoms with E-state index < -0.39 is 30.0 Å². The van der Waals surface area contributed by atoms with Crippen LogP contribution in [0.5, 0.6) is 0 Å². The summed E-state index contributed by atoms with van der Waals surface area (Å²) in [4.78, 5) is -1.13. The molecule has 0 aromatic heterocycles. The van der Waals surface area contributed by atoms with Gasteiger partial charge in [-0.25, -0.2) is 13.6 Å². The average molecular weight is 253 g/mol. The van der Waals surface area contributed by atoms with Crippen molar-refractivity contribution in [2.75, 3.05) is 0 Å². The molecular formula is C7H8FNO4S2. The first-order chi connectivity index (χ1) is 6.62. The van der Waals surface area contributed by atoms with Gasteiger partial charge >= 0.3 is 10.2 Å². The first kappa shape index (κ1) is 12.1. The third-order valence-electron chi connectivity index (χ3n) is 1.75. The highest BCUT2D eigenvalue weighted by molar-refractivity contribution is 7.89. The summed E-state index contributed by atoms with van der Waals surface area (Å²) in [5.74, 6) is 0. The Labute approximate surface area is 87.0 Å². The highest BCUT2D eigenvalue weighted by atomic mass is 32.3. The molecule has 0 radical (unpaired) electrons. The van der Waals surface area contributed by atoms with Gasteiger partial charge in [0.15, 0.2) is 0 Å². The highest BCUT2D eigenvalue weighted by Crippen LogP contribution is 2.20. The summed E-state index contributed by atoms with van der Waals surface area (Å²) < 4.78 is 55.6. The van der Waals surface area contributed by atoms with Crippen molar-refractivity contribution < 1.29 is 20.7 Å². The smallest absolute Gasteiger partial charge is 0.225 e. The van der Waals surface area contributed by atoms with E-state index in [4.69, 9.17) is 5.14 Å². The number of hydrogen-bond donors (Lipinski definition) is 1. The zero-order valence-electron chi connectivity index (χ0n) is 7.64. The predicted molar refractivity (Wildman–Crippen MR) is 50.8 cm³/mol. The van der Waals surface area contributed by atoms with Crippen molar-refractivity contribution in [2.45, 2.75) is 16.7 Å². The van der Waals surface area contributed by atoms with E-state index in [0.29, 0.717) is 6.07 Å². The van der Waals surface area contributed by atoms with Crippen molar-refractivity contribution in [3.63, 3.8) is 0 Å². The molecule has 0 unspecified atom stereocenters. The zero-order chi connectivity index (χ0) is 11.9. The Hall–Kier alpha value is -0.990. The van der Waals surface area contributed by atoms with Crippen molar-refractivity contribution in [2.24, 2.45) is 5.14 Å². The molecule has 2 N–H and O–H groups in total. The molecule has 1 aromatic carbocycles. The Kier molecular flexibility index (Phi) is 2.85. The van der Waals surface area contributed by atoms with Gasteiger partial charge < -0.3 is 0 Å². The lowest BCUT2D eigenvalue weighted by molar-refractivity contribution is 0.551. The van der Waals surface area contributed by atoms with Crippen molar-refractivity contribution in [3.8, 4) is 0 Å². The molecule has 8 heteroatoms. The van der Waals surface area contributed by atoms with E-state index in [9.17, 15) is 20.7 Å². The van der Waals surface area contributed by atoms with Gasteiger partial charge in [0.25, 0.3) is 0 Å². The second kappa shape index (κ2) is 3.54. The molecule has 1 aromatic rings. The normalized spacial score (nSPS) is 12.7. The van der Waals surface area contributed by atoms with Crippen LogP contribution in [-0.2, 0) is 20.2 Å². The highest BCUT2D eigenvalue weighted by Gasteiger charge is 2.18. The van der Waals surface area contributed by atoms with Gasteiger partial charge in [0, 0.05) is 0 Å². The van der Waals surface area contributed by atoms with E-state index in [0.717, 1.165) is 6.07 Å². The quantitative estimate of drug-likeness (QED) is 0.767. The molecule has 15 heavy (non-hydrogen) atoms. The second-order valence-electron chi connectivity index (χ2n) is 2.91. The predicted octanol–water partition coefficient (Wildman–Crippen LogP) is 0.301. The number of aryl methyl sites for hydroxylation is 1. The Morgan fingerprint density at radius 1 is 1.20 bits per heavy atom. The van der Waals surface area contributed by atoms with Crippen LogP contribution in [0.1, 0.15) is 5.56 Å². The van der Waals surface area contributed by atoms with Crippen LogP contribution in [0.3, 0.4) is 0 Å². The van der Waals surface area contributed by atoms with Crippen LogP contribution in [0.4, 0.5) is 3.89 Å². The summed E-state index contributed by atoms with van der Waals surface area (Å²) in [5, 5.41) is 4.82. The Balaban J connectivity index is 3.57. The molecule has 0 saturated heterocycles. The van der Waals surface area contributed by atoms with Crippen LogP contribution >= 0.6 is 0 Å². The minimum Gasteiger partial charge on any atom is -0.225 e. The monoisotopic (exact) mass is 253 g/mol. The van der Waals surface area contributed by atoms with E-state index in [1.165, 1.54) is 13.0 Å². The van der Waals surface area contributed by atoms with Crippen LogP contribution in [0.15, 0.2) is 28.0 Å². The molecule has 0 bridgehead atoms. The zero-order valence-corrected chi connectivity index (χ0v) is 9.27. The molecule has 0 atom stereocenters. The van der Waals surface area contributed by atoms with Crippen molar-refractivity contribution in [1.29, 1.82) is 0 Å². The summed E-state index contributed by atoms with van der Waals surface area (Å²) in [6, 6.07) is 2.84.